The molecule has 2 aliphatic heterocycles. The smallest absolute Gasteiger partial charge is 0.411 e. The summed E-state index contributed by atoms with van der Waals surface area (Å²) in [4.78, 5) is 43.1. The van der Waals surface area contributed by atoms with E-state index < -0.39 is 41.7 Å². The Labute approximate surface area is 139 Å². The van der Waals surface area contributed by atoms with Crippen LogP contribution in [0.1, 0.15) is 27.7 Å². The predicted octanol–water partition coefficient (Wildman–Crippen LogP) is 0.713. The van der Waals surface area contributed by atoms with E-state index in [1.54, 1.807) is 27.7 Å². The van der Waals surface area contributed by atoms with Gasteiger partial charge in [0.1, 0.15) is 11.6 Å². The fourth-order valence-corrected chi connectivity index (χ4v) is 2.71. The highest BCUT2D eigenvalue weighted by Crippen LogP contribution is 2.35. The van der Waals surface area contributed by atoms with Gasteiger partial charge in [0, 0.05) is 0 Å². The minimum absolute atomic E-state index is 0.0247. The van der Waals surface area contributed by atoms with Gasteiger partial charge in [0.15, 0.2) is 11.8 Å². The first-order valence-corrected chi connectivity index (χ1v) is 7.68. The molecule has 2 aliphatic rings. The Balaban J connectivity index is 2.27. The molecule has 0 aromatic rings. The maximum Gasteiger partial charge on any atom is 0.411 e. The Morgan fingerprint density at radius 3 is 2.54 bits per heavy atom. The molecule has 134 valence electrons. The van der Waals surface area contributed by atoms with Crippen molar-refractivity contribution in [3.05, 3.63) is 0 Å². The van der Waals surface area contributed by atoms with Crippen LogP contribution in [0.5, 0.6) is 0 Å². The van der Waals surface area contributed by atoms with E-state index in [2.05, 4.69) is 5.16 Å². The molecule has 0 unspecified atom stereocenters. The molecule has 1 amide bonds. The van der Waals surface area contributed by atoms with E-state index in [-0.39, 0.29) is 18.9 Å². The molecule has 0 spiro atoms. The van der Waals surface area contributed by atoms with E-state index in [4.69, 9.17) is 19.0 Å². The summed E-state index contributed by atoms with van der Waals surface area (Å²) >= 11 is 0. The Hall–Kier alpha value is -2.32. The minimum Gasteiger partial charge on any atom is -0.467 e. The van der Waals surface area contributed by atoms with Gasteiger partial charge in [-0.25, -0.2) is 14.4 Å². The summed E-state index contributed by atoms with van der Waals surface area (Å²) in [7, 11) is 1.21. The first kappa shape index (κ1) is 18.0. The Bertz CT molecular complexity index is 567. The van der Waals surface area contributed by atoms with Crippen LogP contribution in [0, 0.1) is 5.92 Å². The molecule has 2 heterocycles. The summed E-state index contributed by atoms with van der Waals surface area (Å²) in [5, 5.41) is 3.73. The van der Waals surface area contributed by atoms with E-state index in [0.717, 1.165) is 0 Å². The molecule has 0 saturated carbocycles. The molecule has 2 rings (SSSR count). The molecule has 9 nitrogen and oxygen atoms in total. The lowest BCUT2D eigenvalue weighted by molar-refractivity contribution is -0.146. The third kappa shape index (κ3) is 3.44. The number of methoxy groups -OCH3 is 1. The first-order valence-electron chi connectivity index (χ1n) is 7.68. The minimum atomic E-state index is -1.06. The highest BCUT2D eigenvalue weighted by atomic mass is 16.7. The number of amides is 1. The van der Waals surface area contributed by atoms with E-state index in [1.165, 1.54) is 12.0 Å². The summed E-state index contributed by atoms with van der Waals surface area (Å²) in [5.74, 6) is -2.09. The number of carbonyl (C=O) groups is 3. The van der Waals surface area contributed by atoms with Crippen molar-refractivity contribution >= 4 is 23.7 Å². The molecular formula is C15H22N2O7. The summed E-state index contributed by atoms with van der Waals surface area (Å²) in [6, 6.07) is -1.06. The van der Waals surface area contributed by atoms with Gasteiger partial charge in [-0.2, -0.15) is 0 Å². The van der Waals surface area contributed by atoms with Crippen LogP contribution < -0.4 is 0 Å². The maximum atomic E-state index is 12.4. The number of likely N-dealkylation sites (tertiary alicyclic amines) is 1. The molecule has 0 bridgehead atoms. The highest BCUT2D eigenvalue weighted by molar-refractivity contribution is 6.38. The van der Waals surface area contributed by atoms with E-state index in [9.17, 15) is 14.4 Å². The van der Waals surface area contributed by atoms with Gasteiger partial charge in [0.25, 0.3) is 0 Å². The number of esters is 2. The van der Waals surface area contributed by atoms with E-state index in [1.807, 2.05) is 0 Å². The Kier molecular flexibility index (Phi) is 5.00. The molecule has 0 aromatic heterocycles. The molecule has 1 fully saturated rings. The standard InChI is InChI=1S/C15H22N2O7/c1-6-22-12(18)10-9-8(24-16-10)7-17(11(9)13(19)21-5)14(20)23-15(2,3)4/h8-9,11H,6-7H2,1-5H3/t8-,9+,11-/m1/s1. The zero-order chi connectivity index (χ0) is 18.1. The normalized spacial score (nSPS) is 25.5. The average Bonchev–Trinajstić information content (AvgIpc) is 3.03. The molecule has 0 radical (unpaired) electrons. The van der Waals surface area contributed by atoms with Crippen molar-refractivity contribution in [2.24, 2.45) is 11.1 Å². The van der Waals surface area contributed by atoms with Gasteiger partial charge < -0.3 is 19.0 Å². The third-order valence-corrected chi connectivity index (χ3v) is 3.61. The van der Waals surface area contributed by atoms with Gasteiger partial charge in [-0.3, -0.25) is 4.90 Å². The third-order valence-electron chi connectivity index (χ3n) is 3.61. The number of carbonyl (C=O) groups excluding carboxylic acids is 3. The predicted molar refractivity (Wildman–Crippen MR) is 81.2 cm³/mol. The topological polar surface area (TPSA) is 104 Å². The number of hydrogen-bond acceptors (Lipinski definition) is 8. The fraction of sp³-hybridized carbons (Fsp3) is 0.733. The van der Waals surface area contributed by atoms with Crippen LogP contribution in [0.15, 0.2) is 5.16 Å². The van der Waals surface area contributed by atoms with Crippen molar-refractivity contribution in [1.29, 1.82) is 0 Å². The van der Waals surface area contributed by atoms with Crippen molar-refractivity contribution in [1.82, 2.24) is 4.90 Å². The largest absolute Gasteiger partial charge is 0.467 e. The second-order valence-electron chi connectivity index (χ2n) is 6.47. The van der Waals surface area contributed by atoms with Crippen molar-refractivity contribution in [3.8, 4) is 0 Å². The van der Waals surface area contributed by atoms with Crippen molar-refractivity contribution in [3.63, 3.8) is 0 Å². The molecule has 24 heavy (non-hydrogen) atoms. The highest BCUT2D eigenvalue weighted by Gasteiger charge is 2.57. The molecule has 9 heteroatoms. The summed E-state index contributed by atoms with van der Waals surface area (Å²) in [6.07, 6.45) is -1.31. The number of nitrogens with zero attached hydrogens (tertiary/aromatic N) is 2. The molecule has 0 aromatic carbocycles. The van der Waals surface area contributed by atoms with Crippen molar-refractivity contribution in [2.45, 2.75) is 45.4 Å². The van der Waals surface area contributed by atoms with Crippen molar-refractivity contribution < 1.29 is 33.4 Å². The molecule has 1 saturated heterocycles. The van der Waals surface area contributed by atoms with Crippen LogP contribution in [0.2, 0.25) is 0 Å². The van der Waals surface area contributed by atoms with Crippen LogP contribution in [-0.4, -0.2) is 66.7 Å². The second kappa shape index (κ2) is 6.66. The zero-order valence-electron chi connectivity index (χ0n) is 14.4. The van der Waals surface area contributed by atoms with E-state index >= 15 is 0 Å². The Morgan fingerprint density at radius 2 is 2.00 bits per heavy atom. The molecule has 3 atom stereocenters. The SMILES string of the molecule is CCOC(=O)C1=NO[C@@H]2CN(C(=O)OC(C)(C)C)[C@@H](C(=O)OC)[C@H]12. The second-order valence-corrected chi connectivity index (χ2v) is 6.47. The summed E-state index contributed by atoms with van der Waals surface area (Å²) in [6.45, 7) is 7.04. The zero-order valence-corrected chi connectivity index (χ0v) is 14.4. The maximum absolute atomic E-state index is 12.4. The summed E-state index contributed by atoms with van der Waals surface area (Å²) in [5.41, 5.74) is -0.753. The number of hydrogen-bond donors (Lipinski definition) is 0. The lowest BCUT2D eigenvalue weighted by atomic mass is 9.93. The van der Waals surface area contributed by atoms with Crippen LogP contribution in [0.4, 0.5) is 4.79 Å². The average molecular weight is 342 g/mol. The van der Waals surface area contributed by atoms with Gasteiger partial charge in [-0.15, -0.1) is 0 Å². The lowest BCUT2D eigenvalue weighted by Crippen LogP contribution is -2.48. The number of rotatable bonds is 3. The van der Waals surface area contributed by atoms with Crippen LogP contribution in [-0.2, 0) is 28.6 Å². The van der Waals surface area contributed by atoms with Gasteiger partial charge in [0.05, 0.1) is 26.2 Å². The number of fused-ring (bicyclic) bond motifs is 1. The van der Waals surface area contributed by atoms with Crippen LogP contribution in [0.3, 0.4) is 0 Å². The summed E-state index contributed by atoms with van der Waals surface area (Å²) < 4.78 is 15.0. The lowest BCUT2D eigenvalue weighted by Gasteiger charge is -2.28. The molecule has 0 aliphatic carbocycles. The first-order chi connectivity index (χ1) is 11.2. The van der Waals surface area contributed by atoms with Gasteiger partial charge in [-0.05, 0) is 27.7 Å². The molecular weight excluding hydrogens is 320 g/mol. The fourth-order valence-electron chi connectivity index (χ4n) is 2.71. The van der Waals surface area contributed by atoms with Crippen LogP contribution >= 0.6 is 0 Å². The number of oxime groups is 1. The Morgan fingerprint density at radius 1 is 1.33 bits per heavy atom. The monoisotopic (exact) mass is 342 g/mol. The van der Waals surface area contributed by atoms with E-state index in [0.29, 0.717) is 0 Å². The van der Waals surface area contributed by atoms with Crippen LogP contribution in [0.25, 0.3) is 0 Å². The van der Waals surface area contributed by atoms with Gasteiger partial charge in [0.2, 0.25) is 0 Å². The quantitative estimate of drug-likeness (QED) is 0.549. The number of ether oxygens (including phenoxy) is 3. The van der Waals surface area contributed by atoms with Crippen molar-refractivity contribution in [2.75, 3.05) is 20.3 Å². The van der Waals surface area contributed by atoms with Gasteiger partial charge in [-0.1, -0.05) is 5.16 Å². The van der Waals surface area contributed by atoms with Gasteiger partial charge >= 0.3 is 18.0 Å². The molecule has 0 N–H and O–H groups in total.